The molecule has 0 aliphatic heterocycles. The van der Waals surface area contributed by atoms with E-state index in [0.717, 1.165) is 0 Å². The van der Waals surface area contributed by atoms with Gasteiger partial charge in [0.1, 0.15) is 11.9 Å². The molecule has 17 heavy (non-hydrogen) atoms. The van der Waals surface area contributed by atoms with Gasteiger partial charge >= 0.3 is 0 Å². The van der Waals surface area contributed by atoms with Crippen molar-refractivity contribution in [1.82, 2.24) is 0 Å². The van der Waals surface area contributed by atoms with Gasteiger partial charge < -0.3 is 20.4 Å². The first kappa shape index (κ1) is 13.6. The normalized spacial score (nSPS) is 13.5. The molecule has 0 aliphatic carbocycles. The molecule has 0 saturated heterocycles. The van der Waals surface area contributed by atoms with Crippen molar-refractivity contribution in [3.05, 3.63) is 28.8 Å². The van der Waals surface area contributed by atoms with Crippen LogP contribution in [-0.2, 0) is 4.74 Å². The number of rotatable bonds is 5. The van der Waals surface area contributed by atoms with Gasteiger partial charge in [0.25, 0.3) is 0 Å². The van der Waals surface area contributed by atoms with Gasteiger partial charge in [-0.2, -0.15) is 0 Å². The van der Waals surface area contributed by atoms with E-state index in [0.29, 0.717) is 22.9 Å². The maximum absolute atomic E-state index is 8.54. The zero-order valence-electron chi connectivity index (χ0n) is 9.68. The number of hydrogen-bond acceptors (Lipinski definition) is 4. The van der Waals surface area contributed by atoms with E-state index < -0.39 is 0 Å². The molecule has 1 aromatic carbocycles. The van der Waals surface area contributed by atoms with Crippen molar-refractivity contribution >= 4 is 17.4 Å². The second-order valence-electron chi connectivity index (χ2n) is 3.51. The third-order valence-corrected chi connectivity index (χ3v) is 2.36. The van der Waals surface area contributed by atoms with Crippen LogP contribution < -0.4 is 10.5 Å². The Hall–Kier alpha value is -1.46. The van der Waals surface area contributed by atoms with E-state index >= 15 is 0 Å². The first-order valence-electron chi connectivity index (χ1n) is 5.01. The first-order valence-corrected chi connectivity index (χ1v) is 5.39. The van der Waals surface area contributed by atoms with Crippen LogP contribution in [0.1, 0.15) is 12.5 Å². The number of benzene rings is 1. The summed E-state index contributed by atoms with van der Waals surface area (Å²) >= 11 is 6.02. The summed E-state index contributed by atoms with van der Waals surface area (Å²) in [7, 11) is 1.60. The molecule has 0 aromatic heterocycles. The molecule has 0 aliphatic rings. The van der Waals surface area contributed by atoms with Crippen LogP contribution in [0.25, 0.3) is 0 Å². The average Bonchev–Trinajstić information content (AvgIpc) is 2.31. The van der Waals surface area contributed by atoms with E-state index in [9.17, 15) is 0 Å². The van der Waals surface area contributed by atoms with Gasteiger partial charge in [0.05, 0.1) is 11.6 Å². The van der Waals surface area contributed by atoms with Gasteiger partial charge in [-0.3, -0.25) is 0 Å². The van der Waals surface area contributed by atoms with Gasteiger partial charge in [-0.15, -0.1) is 0 Å². The predicted octanol–water partition coefficient (Wildman–Crippen LogP) is 1.85. The molecule has 0 fully saturated rings. The Morgan fingerprint density at radius 2 is 2.29 bits per heavy atom. The Labute approximate surface area is 105 Å². The van der Waals surface area contributed by atoms with Crippen LogP contribution in [0.15, 0.2) is 23.4 Å². The minimum absolute atomic E-state index is 0.00314. The molecule has 0 bridgehead atoms. The number of nitrogens with two attached hydrogens (primary N) is 1. The molecule has 1 unspecified atom stereocenters. The molecule has 94 valence electrons. The van der Waals surface area contributed by atoms with Crippen LogP contribution in [0.3, 0.4) is 0 Å². The average molecular weight is 259 g/mol. The zero-order chi connectivity index (χ0) is 12.8. The van der Waals surface area contributed by atoms with Crippen LogP contribution in [0.2, 0.25) is 5.02 Å². The first-order chi connectivity index (χ1) is 8.08. The molecule has 1 atom stereocenters. The standard InChI is InChI=1S/C11H15ClN2O3/c1-7(6-16-2)17-10-4-3-8(5-9(10)12)11(13)14-15/h3-5,7,15H,6H2,1-2H3,(H2,13,14). The highest BCUT2D eigenvalue weighted by Crippen LogP contribution is 2.26. The summed E-state index contributed by atoms with van der Waals surface area (Å²) < 4.78 is 10.5. The maximum atomic E-state index is 8.54. The largest absolute Gasteiger partial charge is 0.487 e. The smallest absolute Gasteiger partial charge is 0.170 e. The monoisotopic (exact) mass is 258 g/mol. The lowest BCUT2D eigenvalue weighted by molar-refractivity contribution is 0.0921. The molecule has 1 rings (SSSR count). The Morgan fingerprint density at radius 1 is 1.59 bits per heavy atom. The number of amidine groups is 1. The molecule has 0 spiro atoms. The van der Waals surface area contributed by atoms with Crippen LogP contribution in [0.5, 0.6) is 5.75 Å². The van der Waals surface area contributed by atoms with Gasteiger partial charge in [-0.25, -0.2) is 0 Å². The quantitative estimate of drug-likeness (QED) is 0.366. The van der Waals surface area contributed by atoms with Crippen LogP contribution in [-0.4, -0.2) is 30.9 Å². The second kappa shape index (κ2) is 6.32. The molecule has 0 amide bonds. The Kier molecular flexibility index (Phi) is 5.06. The van der Waals surface area contributed by atoms with E-state index in [1.807, 2.05) is 6.92 Å². The van der Waals surface area contributed by atoms with E-state index in [2.05, 4.69) is 5.16 Å². The zero-order valence-corrected chi connectivity index (χ0v) is 10.4. The molecule has 0 radical (unpaired) electrons. The van der Waals surface area contributed by atoms with E-state index in [1.165, 1.54) is 0 Å². The molecule has 6 heteroatoms. The van der Waals surface area contributed by atoms with Crippen molar-refractivity contribution < 1.29 is 14.7 Å². The Balaban J connectivity index is 2.83. The van der Waals surface area contributed by atoms with Crippen molar-refractivity contribution in [3.8, 4) is 5.75 Å². The van der Waals surface area contributed by atoms with Crippen LogP contribution in [0, 0.1) is 0 Å². The third-order valence-electron chi connectivity index (χ3n) is 2.06. The summed E-state index contributed by atoms with van der Waals surface area (Å²) in [4.78, 5) is 0. The number of ether oxygens (including phenoxy) is 2. The van der Waals surface area contributed by atoms with Gasteiger partial charge in [0.2, 0.25) is 0 Å². The highest BCUT2D eigenvalue weighted by atomic mass is 35.5. The summed E-state index contributed by atoms with van der Waals surface area (Å²) in [6.45, 7) is 2.34. The number of methoxy groups -OCH3 is 1. The minimum atomic E-state index is -0.104. The SMILES string of the molecule is COCC(C)Oc1ccc(C(N)=NO)cc1Cl. The topological polar surface area (TPSA) is 77.1 Å². The third kappa shape index (κ3) is 3.80. The number of hydrogen-bond donors (Lipinski definition) is 2. The fourth-order valence-electron chi connectivity index (χ4n) is 1.30. The summed E-state index contributed by atoms with van der Waals surface area (Å²) in [5.74, 6) is 0.536. The van der Waals surface area contributed by atoms with E-state index in [-0.39, 0.29) is 11.9 Å². The Morgan fingerprint density at radius 3 is 2.82 bits per heavy atom. The lowest BCUT2D eigenvalue weighted by Gasteiger charge is -2.15. The molecular formula is C11H15ClN2O3. The van der Waals surface area contributed by atoms with Gasteiger partial charge in [0, 0.05) is 12.7 Å². The number of oxime groups is 1. The molecule has 0 saturated carbocycles. The van der Waals surface area contributed by atoms with Crippen molar-refractivity contribution in [2.75, 3.05) is 13.7 Å². The summed E-state index contributed by atoms with van der Waals surface area (Å²) in [6.07, 6.45) is -0.104. The van der Waals surface area contributed by atoms with Crippen molar-refractivity contribution in [3.63, 3.8) is 0 Å². The summed E-state index contributed by atoms with van der Waals surface area (Å²) in [5.41, 5.74) is 5.97. The van der Waals surface area contributed by atoms with Gasteiger partial charge in [0.15, 0.2) is 5.84 Å². The highest BCUT2D eigenvalue weighted by molar-refractivity contribution is 6.32. The van der Waals surface area contributed by atoms with Gasteiger partial charge in [-0.05, 0) is 25.1 Å². The minimum Gasteiger partial charge on any atom is -0.487 e. The lowest BCUT2D eigenvalue weighted by Crippen LogP contribution is -2.18. The van der Waals surface area contributed by atoms with Crippen LogP contribution in [0.4, 0.5) is 0 Å². The lowest BCUT2D eigenvalue weighted by atomic mass is 10.2. The van der Waals surface area contributed by atoms with Crippen molar-refractivity contribution in [1.29, 1.82) is 0 Å². The molecule has 3 N–H and O–H groups in total. The molecule has 1 aromatic rings. The maximum Gasteiger partial charge on any atom is 0.170 e. The molecule has 0 heterocycles. The summed E-state index contributed by atoms with van der Waals surface area (Å²) in [5, 5.41) is 11.8. The van der Waals surface area contributed by atoms with E-state index in [1.54, 1.807) is 25.3 Å². The van der Waals surface area contributed by atoms with Crippen LogP contribution >= 0.6 is 11.6 Å². The fourth-order valence-corrected chi connectivity index (χ4v) is 1.52. The summed E-state index contributed by atoms with van der Waals surface area (Å²) in [6, 6.07) is 4.91. The number of nitrogens with zero attached hydrogens (tertiary/aromatic N) is 1. The predicted molar refractivity (Wildman–Crippen MR) is 65.9 cm³/mol. The molecular weight excluding hydrogens is 244 g/mol. The molecule has 5 nitrogen and oxygen atoms in total. The van der Waals surface area contributed by atoms with Crippen molar-refractivity contribution in [2.24, 2.45) is 10.9 Å². The second-order valence-corrected chi connectivity index (χ2v) is 3.92. The Bertz CT molecular complexity index is 410. The number of halogens is 1. The van der Waals surface area contributed by atoms with Crippen molar-refractivity contribution in [2.45, 2.75) is 13.0 Å². The van der Waals surface area contributed by atoms with E-state index in [4.69, 9.17) is 32.0 Å². The highest BCUT2D eigenvalue weighted by Gasteiger charge is 2.09. The fraction of sp³-hybridized carbons (Fsp3) is 0.364. The van der Waals surface area contributed by atoms with Gasteiger partial charge in [-0.1, -0.05) is 16.8 Å².